The van der Waals surface area contributed by atoms with Crippen LogP contribution in [0.1, 0.15) is 31.9 Å². The van der Waals surface area contributed by atoms with Gasteiger partial charge >= 0.3 is 0 Å². The standard InChI is InChI=1S/C15H23Cl2N3/c1-2-9-20(10-12-5-7-18-8-6-12)11-14-13(16)3-4-15(17)19-14/h3-4,12,18H,2,5-11H2,1H3. The molecule has 1 aliphatic heterocycles. The largest absolute Gasteiger partial charge is 0.317 e. The van der Waals surface area contributed by atoms with Gasteiger partial charge in [0, 0.05) is 13.1 Å². The number of hydrogen-bond acceptors (Lipinski definition) is 3. The first-order valence-electron chi connectivity index (χ1n) is 7.43. The number of hydrogen-bond donors (Lipinski definition) is 1. The Bertz CT molecular complexity index is 420. The molecule has 1 saturated heterocycles. The van der Waals surface area contributed by atoms with Crippen LogP contribution in [0, 0.1) is 5.92 Å². The van der Waals surface area contributed by atoms with Gasteiger partial charge in [-0.2, -0.15) is 0 Å². The Morgan fingerprint density at radius 1 is 1.30 bits per heavy atom. The monoisotopic (exact) mass is 315 g/mol. The highest BCUT2D eigenvalue weighted by Crippen LogP contribution is 2.20. The van der Waals surface area contributed by atoms with E-state index in [9.17, 15) is 0 Å². The van der Waals surface area contributed by atoms with E-state index in [1.807, 2.05) is 6.07 Å². The van der Waals surface area contributed by atoms with E-state index in [0.29, 0.717) is 10.2 Å². The summed E-state index contributed by atoms with van der Waals surface area (Å²) in [4.78, 5) is 6.83. The minimum atomic E-state index is 0.516. The van der Waals surface area contributed by atoms with Crippen molar-refractivity contribution in [2.75, 3.05) is 26.2 Å². The summed E-state index contributed by atoms with van der Waals surface area (Å²) in [6.07, 6.45) is 3.66. The molecule has 0 unspecified atom stereocenters. The molecular weight excluding hydrogens is 293 g/mol. The van der Waals surface area contributed by atoms with Gasteiger partial charge in [0.1, 0.15) is 5.15 Å². The van der Waals surface area contributed by atoms with Gasteiger partial charge in [0.25, 0.3) is 0 Å². The molecule has 1 aromatic rings. The molecule has 0 saturated carbocycles. The number of pyridine rings is 1. The molecule has 1 aliphatic rings. The predicted octanol–water partition coefficient (Wildman–Crippen LogP) is 3.60. The van der Waals surface area contributed by atoms with Gasteiger partial charge < -0.3 is 5.32 Å². The van der Waals surface area contributed by atoms with Gasteiger partial charge in [0.2, 0.25) is 0 Å². The molecule has 0 radical (unpaired) electrons. The molecule has 0 spiro atoms. The van der Waals surface area contributed by atoms with Crippen LogP contribution in [0.3, 0.4) is 0 Å². The number of aromatic nitrogens is 1. The van der Waals surface area contributed by atoms with Gasteiger partial charge in [-0.05, 0) is 56.9 Å². The first-order valence-corrected chi connectivity index (χ1v) is 8.18. The van der Waals surface area contributed by atoms with Gasteiger partial charge in [-0.3, -0.25) is 4.90 Å². The van der Waals surface area contributed by atoms with Crippen molar-refractivity contribution in [3.05, 3.63) is 28.0 Å². The fourth-order valence-electron chi connectivity index (χ4n) is 2.76. The van der Waals surface area contributed by atoms with Crippen molar-refractivity contribution in [1.82, 2.24) is 15.2 Å². The second-order valence-electron chi connectivity index (χ2n) is 5.49. The zero-order chi connectivity index (χ0) is 14.4. The molecule has 0 aromatic carbocycles. The van der Waals surface area contributed by atoms with Crippen LogP contribution in [0.25, 0.3) is 0 Å². The first kappa shape index (κ1) is 16.0. The van der Waals surface area contributed by atoms with Crippen molar-refractivity contribution < 1.29 is 0 Å². The normalized spacial score (nSPS) is 16.8. The molecule has 0 amide bonds. The lowest BCUT2D eigenvalue weighted by Gasteiger charge is -2.29. The molecule has 1 N–H and O–H groups in total. The number of nitrogens with zero attached hydrogens (tertiary/aromatic N) is 2. The van der Waals surface area contributed by atoms with Crippen molar-refractivity contribution in [3.8, 4) is 0 Å². The molecule has 112 valence electrons. The van der Waals surface area contributed by atoms with Crippen LogP contribution in [0.15, 0.2) is 12.1 Å². The Kier molecular flexibility index (Phi) is 6.56. The lowest BCUT2D eigenvalue weighted by Crippen LogP contribution is -2.36. The summed E-state index contributed by atoms with van der Waals surface area (Å²) in [6, 6.07) is 3.57. The highest BCUT2D eigenvalue weighted by Gasteiger charge is 2.18. The zero-order valence-corrected chi connectivity index (χ0v) is 13.6. The van der Waals surface area contributed by atoms with Crippen LogP contribution in [-0.2, 0) is 6.54 Å². The van der Waals surface area contributed by atoms with E-state index in [4.69, 9.17) is 23.2 Å². The maximum absolute atomic E-state index is 6.23. The second-order valence-corrected chi connectivity index (χ2v) is 6.29. The van der Waals surface area contributed by atoms with Crippen molar-refractivity contribution in [1.29, 1.82) is 0 Å². The molecule has 0 aliphatic carbocycles. The molecular formula is C15H23Cl2N3. The van der Waals surface area contributed by atoms with Gasteiger partial charge in [-0.25, -0.2) is 4.98 Å². The highest BCUT2D eigenvalue weighted by molar-refractivity contribution is 6.32. The van der Waals surface area contributed by atoms with E-state index < -0.39 is 0 Å². The van der Waals surface area contributed by atoms with Gasteiger partial charge in [-0.15, -0.1) is 0 Å². The Hall–Kier alpha value is -0.350. The Labute approximate surface area is 131 Å². The molecule has 1 aromatic heterocycles. The molecule has 5 heteroatoms. The van der Waals surface area contributed by atoms with Crippen molar-refractivity contribution >= 4 is 23.2 Å². The summed E-state index contributed by atoms with van der Waals surface area (Å²) < 4.78 is 0. The second kappa shape index (κ2) is 8.18. The zero-order valence-electron chi connectivity index (χ0n) is 12.0. The van der Waals surface area contributed by atoms with Crippen molar-refractivity contribution in [2.24, 2.45) is 5.92 Å². The summed E-state index contributed by atoms with van der Waals surface area (Å²) in [5, 5.41) is 4.64. The lowest BCUT2D eigenvalue weighted by atomic mass is 9.97. The fourth-order valence-corrected chi connectivity index (χ4v) is 3.09. The summed E-state index contributed by atoms with van der Waals surface area (Å²) >= 11 is 12.2. The number of halogens is 2. The Balaban J connectivity index is 1.98. The summed E-state index contributed by atoms with van der Waals surface area (Å²) in [7, 11) is 0. The van der Waals surface area contributed by atoms with Gasteiger partial charge in [-0.1, -0.05) is 30.1 Å². The molecule has 2 rings (SSSR count). The highest BCUT2D eigenvalue weighted by atomic mass is 35.5. The average molecular weight is 316 g/mol. The van der Waals surface area contributed by atoms with Crippen LogP contribution < -0.4 is 5.32 Å². The first-order chi connectivity index (χ1) is 9.69. The summed E-state index contributed by atoms with van der Waals surface area (Å²) in [6.45, 7) is 7.48. The lowest BCUT2D eigenvalue weighted by molar-refractivity contribution is 0.197. The Morgan fingerprint density at radius 2 is 2.05 bits per heavy atom. The number of nitrogens with one attached hydrogen (secondary N) is 1. The van der Waals surface area contributed by atoms with E-state index in [1.165, 1.54) is 12.8 Å². The van der Waals surface area contributed by atoms with E-state index in [0.717, 1.165) is 50.8 Å². The summed E-state index contributed by atoms with van der Waals surface area (Å²) in [5.41, 5.74) is 0.890. The average Bonchev–Trinajstić information content (AvgIpc) is 2.44. The quantitative estimate of drug-likeness (QED) is 0.813. The minimum Gasteiger partial charge on any atom is -0.317 e. The minimum absolute atomic E-state index is 0.516. The molecule has 0 atom stereocenters. The molecule has 0 bridgehead atoms. The van der Waals surface area contributed by atoms with E-state index in [-0.39, 0.29) is 0 Å². The number of rotatable bonds is 6. The molecule has 20 heavy (non-hydrogen) atoms. The molecule has 3 nitrogen and oxygen atoms in total. The molecule has 2 heterocycles. The van der Waals surface area contributed by atoms with Crippen molar-refractivity contribution in [3.63, 3.8) is 0 Å². The van der Waals surface area contributed by atoms with Crippen molar-refractivity contribution in [2.45, 2.75) is 32.7 Å². The topological polar surface area (TPSA) is 28.2 Å². The van der Waals surface area contributed by atoms with Gasteiger partial charge in [0.05, 0.1) is 10.7 Å². The van der Waals surface area contributed by atoms with Crippen LogP contribution in [0.4, 0.5) is 0 Å². The van der Waals surface area contributed by atoms with Crippen LogP contribution in [-0.4, -0.2) is 36.1 Å². The van der Waals surface area contributed by atoms with E-state index in [1.54, 1.807) is 6.07 Å². The number of piperidine rings is 1. The fraction of sp³-hybridized carbons (Fsp3) is 0.667. The van der Waals surface area contributed by atoms with Gasteiger partial charge in [0.15, 0.2) is 0 Å². The predicted molar refractivity (Wildman–Crippen MR) is 85.4 cm³/mol. The third kappa shape index (κ3) is 4.88. The van der Waals surface area contributed by atoms with Crippen LogP contribution in [0.5, 0.6) is 0 Å². The SMILES string of the molecule is CCCN(Cc1nc(Cl)ccc1Cl)CC1CCNCC1. The smallest absolute Gasteiger partial charge is 0.129 e. The van der Waals surface area contributed by atoms with E-state index in [2.05, 4.69) is 22.1 Å². The maximum Gasteiger partial charge on any atom is 0.129 e. The summed E-state index contributed by atoms with van der Waals surface area (Å²) in [5.74, 6) is 0.778. The molecule has 1 fully saturated rings. The third-order valence-electron chi connectivity index (χ3n) is 3.77. The van der Waals surface area contributed by atoms with Crippen LogP contribution in [0.2, 0.25) is 10.2 Å². The Morgan fingerprint density at radius 3 is 2.75 bits per heavy atom. The third-order valence-corrected chi connectivity index (χ3v) is 4.33. The van der Waals surface area contributed by atoms with E-state index >= 15 is 0 Å². The maximum atomic E-state index is 6.23. The van der Waals surface area contributed by atoms with Crippen LogP contribution >= 0.6 is 23.2 Å².